The largest absolute Gasteiger partial charge is 0.390 e. The molecule has 1 aliphatic rings. The second-order valence-electron chi connectivity index (χ2n) is 9.44. The Morgan fingerprint density at radius 1 is 1.10 bits per heavy atom. The minimum atomic E-state index is -4.62. The second-order valence-corrected chi connectivity index (χ2v) is 11.5. The molecule has 2 aromatic carbocycles. The van der Waals surface area contributed by atoms with E-state index < -0.39 is 28.5 Å². The normalized spacial score (nSPS) is 14.8. The summed E-state index contributed by atoms with van der Waals surface area (Å²) in [4.78, 5) is 13.4. The number of nitrogens with one attached hydrogen (secondary N) is 1. The zero-order chi connectivity index (χ0) is 28.2. The third-order valence-electron chi connectivity index (χ3n) is 6.56. The van der Waals surface area contributed by atoms with E-state index in [-0.39, 0.29) is 23.4 Å². The minimum absolute atomic E-state index is 0.0839. The van der Waals surface area contributed by atoms with Crippen molar-refractivity contribution in [1.82, 2.24) is 15.1 Å². The van der Waals surface area contributed by atoms with Gasteiger partial charge in [-0.15, -0.1) is 0 Å². The van der Waals surface area contributed by atoms with Gasteiger partial charge in [0.1, 0.15) is 5.75 Å². The molecule has 39 heavy (non-hydrogen) atoms. The lowest BCUT2D eigenvalue weighted by Crippen LogP contribution is -2.36. The molecule has 1 fully saturated rings. The van der Waals surface area contributed by atoms with Gasteiger partial charge in [0.2, 0.25) is 0 Å². The quantitative estimate of drug-likeness (QED) is 0.291. The zero-order valence-electron chi connectivity index (χ0n) is 21.3. The standard InChI is InChI=1S/C27H29ClF3N3O4S/c1-2-21-24(26(35)32-19-8-4-3-5-9-19)33-34(23-11-7-6-10-22(23)28)25(21)18-12-14-20(15-13-18)38-39(36,37)17-16-27(29,30)31/h6-7,10-15,19H,2-5,8-9,16-17H2,1H3,(H,32,35). The lowest BCUT2D eigenvalue weighted by molar-refractivity contribution is -0.130. The number of hydrogen-bond acceptors (Lipinski definition) is 5. The summed E-state index contributed by atoms with van der Waals surface area (Å²) in [7, 11) is -4.44. The van der Waals surface area contributed by atoms with Crippen LogP contribution in [0, 0.1) is 0 Å². The van der Waals surface area contributed by atoms with Crippen LogP contribution in [-0.2, 0) is 16.5 Å². The fourth-order valence-electron chi connectivity index (χ4n) is 4.66. The van der Waals surface area contributed by atoms with E-state index in [1.807, 2.05) is 6.92 Å². The van der Waals surface area contributed by atoms with Crippen LogP contribution in [0.25, 0.3) is 16.9 Å². The fourth-order valence-corrected chi connectivity index (χ4v) is 5.84. The topological polar surface area (TPSA) is 90.3 Å². The number of para-hydroxylation sites is 1. The molecular weight excluding hydrogens is 555 g/mol. The molecule has 0 saturated heterocycles. The summed E-state index contributed by atoms with van der Waals surface area (Å²) < 4.78 is 67.9. The van der Waals surface area contributed by atoms with Crippen LogP contribution in [0.3, 0.4) is 0 Å². The predicted molar refractivity (Wildman–Crippen MR) is 143 cm³/mol. The van der Waals surface area contributed by atoms with Crippen molar-refractivity contribution in [2.75, 3.05) is 5.75 Å². The molecule has 0 aliphatic heterocycles. The van der Waals surface area contributed by atoms with Gasteiger partial charge in [-0.1, -0.05) is 49.9 Å². The van der Waals surface area contributed by atoms with Crippen LogP contribution < -0.4 is 9.50 Å². The highest BCUT2D eigenvalue weighted by molar-refractivity contribution is 7.87. The summed E-state index contributed by atoms with van der Waals surface area (Å²) >= 11 is 6.49. The summed E-state index contributed by atoms with van der Waals surface area (Å²) in [6, 6.07) is 13.0. The molecule has 1 amide bonds. The van der Waals surface area contributed by atoms with Crippen molar-refractivity contribution < 1.29 is 30.6 Å². The van der Waals surface area contributed by atoms with Crippen molar-refractivity contribution in [2.45, 2.75) is 64.1 Å². The Labute approximate surface area is 230 Å². The van der Waals surface area contributed by atoms with Gasteiger partial charge in [0.05, 0.1) is 28.6 Å². The number of carbonyl (C=O) groups excluding carboxylic acids is 1. The maximum Gasteiger partial charge on any atom is 0.390 e. The molecule has 4 rings (SSSR count). The Bertz CT molecular complexity index is 1420. The molecule has 1 aromatic heterocycles. The molecular formula is C27H29ClF3N3O4S. The first-order valence-corrected chi connectivity index (χ1v) is 14.7. The van der Waals surface area contributed by atoms with Crippen LogP contribution in [-0.4, -0.2) is 42.1 Å². The number of nitrogens with zero attached hydrogens (tertiary/aromatic N) is 2. The molecule has 0 unspecified atom stereocenters. The average molecular weight is 584 g/mol. The molecule has 1 heterocycles. The number of hydrogen-bond donors (Lipinski definition) is 1. The first kappa shape index (κ1) is 28.9. The third kappa shape index (κ3) is 7.33. The smallest absolute Gasteiger partial charge is 0.382 e. The van der Waals surface area contributed by atoms with Crippen molar-refractivity contribution in [3.8, 4) is 22.7 Å². The highest BCUT2D eigenvalue weighted by Gasteiger charge is 2.31. The van der Waals surface area contributed by atoms with Gasteiger partial charge in [0.25, 0.3) is 5.91 Å². The van der Waals surface area contributed by atoms with Crippen LogP contribution in [0.4, 0.5) is 13.2 Å². The van der Waals surface area contributed by atoms with Crippen LogP contribution in [0.5, 0.6) is 5.75 Å². The molecule has 0 atom stereocenters. The maximum atomic E-state index is 13.4. The molecule has 3 aromatic rings. The van der Waals surface area contributed by atoms with Crippen LogP contribution >= 0.6 is 11.6 Å². The number of aromatic nitrogens is 2. The summed E-state index contributed by atoms with van der Waals surface area (Å²) in [5.74, 6) is -1.59. The lowest BCUT2D eigenvalue weighted by atomic mass is 9.95. The monoisotopic (exact) mass is 583 g/mol. The van der Waals surface area contributed by atoms with E-state index in [1.165, 1.54) is 12.1 Å². The highest BCUT2D eigenvalue weighted by atomic mass is 35.5. The van der Waals surface area contributed by atoms with Crippen molar-refractivity contribution >= 4 is 27.6 Å². The molecule has 1 saturated carbocycles. The van der Waals surface area contributed by atoms with E-state index >= 15 is 0 Å². The molecule has 0 radical (unpaired) electrons. The first-order valence-electron chi connectivity index (χ1n) is 12.7. The van der Waals surface area contributed by atoms with Gasteiger partial charge in [0, 0.05) is 17.2 Å². The predicted octanol–water partition coefficient (Wildman–Crippen LogP) is 6.48. The van der Waals surface area contributed by atoms with E-state index in [9.17, 15) is 26.4 Å². The summed E-state index contributed by atoms with van der Waals surface area (Å²) in [6.45, 7) is 1.90. The van der Waals surface area contributed by atoms with Gasteiger partial charge >= 0.3 is 16.3 Å². The molecule has 1 N–H and O–H groups in total. The van der Waals surface area contributed by atoms with Gasteiger partial charge < -0.3 is 9.50 Å². The molecule has 1 aliphatic carbocycles. The fraction of sp³-hybridized carbons (Fsp3) is 0.407. The van der Waals surface area contributed by atoms with E-state index in [0.29, 0.717) is 34.0 Å². The van der Waals surface area contributed by atoms with Crippen molar-refractivity contribution in [2.24, 2.45) is 0 Å². The molecule has 0 bridgehead atoms. The number of carbonyl (C=O) groups is 1. The lowest BCUT2D eigenvalue weighted by Gasteiger charge is -2.22. The Morgan fingerprint density at radius 2 is 1.77 bits per heavy atom. The summed E-state index contributed by atoms with van der Waals surface area (Å²) in [6.07, 6.45) is -0.545. The molecule has 210 valence electrons. The van der Waals surface area contributed by atoms with Gasteiger partial charge in [0.15, 0.2) is 5.69 Å². The zero-order valence-corrected chi connectivity index (χ0v) is 22.9. The Balaban J connectivity index is 1.70. The number of amides is 1. The van der Waals surface area contributed by atoms with E-state index in [2.05, 4.69) is 10.4 Å². The van der Waals surface area contributed by atoms with Crippen molar-refractivity contribution in [3.63, 3.8) is 0 Å². The van der Waals surface area contributed by atoms with Crippen molar-refractivity contribution in [1.29, 1.82) is 0 Å². The summed E-state index contributed by atoms with van der Waals surface area (Å²) in [5.41, 5.74) is 2.68. The molecule has 0 spiro atoms. The van der Waals surface area contributed by atoms with Crippen LogP contribution in [0.1, 0.15) is 61.5 Å². The van der Waals surface area contributed by atoms with Crippen molar-refractivity contribution in [3.05, 3.63) is 64.8 Å². The van der Waals surface area contributed by atoms with Crippen LogP contribution in [0.15, 0.2) is 48.5 Å². The summed E-state index contributed by atoms with van der Waals surface area (Å²) in [5, 5.41) is 8.20. The highest BCUT2D eigenvalue weighted by Crippen LogP contribution is 2.34. The number of halogens is 4. The average Bonchev–Trinajstić information content (AvgIpc) is 3.28. The van der Waals surface area contributed by atoms with Gasteiger partial charge in [-0.3, -0.25) is 4.79 Å². The molecule has 7 nitrogen and oxygen atoms in total. The Hall–Kier alpha value is -3.05. The number of rotatable bonds is 9. The van der Waals surface area contributed by atoms with Gasteiger partial charge in [-0.2, -0.15) is 26.7 Å². The number of benzene rings is 2. The Kier molecular flexibility index (Phi) is 8.90. The minimum Gasteiger partial charge on any atom is -0.382 e. The van der Waals surface area contributed by atoms with Crippen LogP contribution in [0.2, 0.25) is 5.02 Å². The molecule has 12 heteroatoms. The second kappa shape index (κ2) is 12.0. The maximum absolute atomic E-state index is 13.4. The Morgan fingerprint density at radius 3 is 2.38 bits per heavy atom. The third-order valence-corrected chi connectivity index (χ3v) is 8.03. The van der Waals surface area contributed by atoms with E-state index in [4.69, 9.17) is 15.8 Å². The first-order chi connectivity index (χ1) is 18.5. The van der Waals surface area contributed by atoms with E-state index in [1.54, 1.807) is 41.1 Å². The van der Waals surface area contributed by atoms with Gasteiger partial charge in [-0.25, -0.2) is 4.68 Å². The van der Waals surface area contributed by atoms with Gasteiger partial charge in [-0.05, 0) is 55.7 Å². The SMILES string of the molecule is CCc1c(C(=O)NC2CCCCC2)nn(-c2ccccc2Cl)c1-c1ccc(OS(=O)(=O)CCC(F)(F)F)cc1. The van der Waals surface area contributed by atoms with E-state index in [0.717, 1.165) is 32.1 Å². The number of alkyl halides is 3.